The molecule has 0 radical (unpaired) electrons. The van der Waals surface area contributed by atoms with Crippen LogP contribution in [0.15, 0.2) is 86.0 Å². The summed E-state index contributed by atoms with van der Waals surface area (Å²) in [4.78, 5) is 46.7. The Hall–Kier alpha value is -3.36. The van der Waals surface area contributed by atoms with E-state index >= 15 is 0 Å². The number of amides is 2. The predicted molar refractivity (Wildman–Crippen MR) is 174 cm³/mol. The fraction of sp³-hybridized carbons (Fsp3) is 0.472. The molecule has 0 aliphatic carbocycles. The normalized spacial score (nSPS) is 27.5. The van der Waals surface area contributed by atoms with Gasteiger partial charge < -0.3 is 19.6 Å². The number of esters is 1. The van der Waals surface area contributed by atoms with Gasteiger partial charge in [0.2, 0.25) is 11.8 Å². The summed E-state index contributed by atoms with van der Waals surface area (Å²) in [6.07, 6.45) is 7.75. The molecule has 1 N–H and O–H groups in total. The zero-order chi connectivity index (χ0) is 31.3. The molecule has 2 unspecified atom stereocenters. The highest BCUT2D eigenvalue weighted by atomic mass is 32.2. The van der Waals surface area contributed by atoms with Gasteiger partial charge in [-0.2, -0.15) is 0 Å². The zero-order valence-corrected chi connectivity index (χ0v) is 26.4. The van der Waals surface area contributed by atoms with Crippen molar-refractivity contribution >= 4 is 29.5 Å². The molecule has 0 aromatic heterocycles. The lowest BCUT2D eigenvalue weighted by atomic mass is 9.66. The molecule has 3 saturated heterocycles. The SMILES string of the molecule is C=CCCCCOC(=O)[C@H]1[C@H]2C(=O)N([C@@H](CO)Cc3ccccc3)C(C(=O)N(CC=C)Cc3ccccc3)C23CC[C@]1(C)S3. The number of nitrogens with zero attached hydrogens (tertiary/aromatic N) is 2. The van der Waals surface area contributed by atoms with Crippen LogP contribution in [0.1, 0.15) is 50.2 Å². The number of hydrogen-bond donors (Lipinski definition) is 1. The first-order chi connectivity index (χ1) is 21.3. The second-order valence-electron chi connectivity index (χ2n) is 12.4. The second-order valence-corrected chi connectivity index (χ2v) is 14.3. The minimum Gasteiger partial charge on any atom is -0.465 e. The van der Waals surface area contributed by atoms with E-state index < -0.39 is 33.4 Å². The number of carbonyl (C=O) groups is 3. The first kappa shape index (κ1) is 32.0. The number of hydrogen-bond acceptors (Lipinski definition) is 6. The topological polar surface area (TPSA) is 87.1 Å². The Labute approximate surface area is 265 Å². The molecule has 2 amide bonds. The van der Waals surface area contributed by atoms with E-state index in [0.29, 0.717) is 39.0 Å². The highest BCUT2D eigenvalue weighted by Gasteiger charge is 2.78. The number of ether oxygens (including phenoxy) is 1. The standard InChI is InChI=1S/C36H44N2O5S/c1-4-6-7-14-22-43-34(42)30-29-32(40)38(28(25-39)23-26-15-10-8-11-16-26)31(36(29)20-19-35(30,3)44-36)33(41)37(21-5-2)24-27-17-12-9-13-18-27/h4-5,8-13,15-18,28-31,39H,1-2,6-7,14,19-25H2,3H3/t28-,29+,30-,31?,35+,36?/m1/s1. The minimum absolute atomic E-state index is 0.175. The molecule has 8 heteroatoms. The summed E-state index contributed by atoms with van der Waals surface area (Å²) in [6, 6.07) is 18.0. The molecule has 3 aliphatic rings. The van der Waals surface area contributed by atoms with E-state index in [1.807, 2.05) is 73.7 Å². The Balaban J connectivity index is 1.52. The van der Waals surface area contributed by atoms with Gasteiger partial charge >= 0.3 is 5.97 Å². The largest absolute Gasteiger partial charge is 0.465 e. The van der Waals surface area contributed by atoms with E-state index in [1.54, 1.807) is 27.6 Å². The van der Waals surface area contributed by atoms with E-state index in [2.05, 4.69) is 13.2 Å². The summed E-state index contributed by atoms with van der Waals surface area (Å²) in [6.45, 7) is 10.4. The van der Waals surface area contributed by atoms with Gasteiger partial charge in [0.25, 0.3) is 0 Å². The van der Waals surface area contributed by atoms with Crippen molar-refractivity contribution in [1.82, 2.24) is 9.80 Å². The fourth-order valence-electron chi connectivity index (χ4n) is 7.55. The summed E-state index contributed by atoms with van der Waals surface area (Å²) in [5.74, 6) is -2.13. The predicted octanol–water partition coefficient (Wildman–Crippen LogP) is 5.19. The van der Waals surface area contributed by atoms with Crippen molar-refractivity contribution in [2.75, 3.05) is 19.8 Å². The van der Waals surface area contributed by atoms with Crippen LogP contribution in [0.4, 0.5) is 0 Å². The molecule has 44 heavy (non-hydrogen) atoms. The van der Waals surface area contributed by atoms with Crippen molar-refractivity contribution < 1.29 is 24.2 Å². The molecule has 234 valence electrons. The number of rotatable bonds is 15. The van der Waals surface area contributed by atoms with Crippen LogP contribution in [0.5, 0.6) is 0 Å². The molecule has 7 nitrogen and oxygen atoms in total. The van der Waals surface area contributed by atoms with E-state index in [4.69, 9.17) is 4.74 Å². The lowest BCUT2D eigenvalue weighted by Gasteiger charge is -2.39. The van der Waals surface area contributed by atoms with E-state index in [-0.39, 0.29) is 24.4 Å². The van der Waals surface area contributed by atoms with Crippen molar-refractivity contribution in [3.8, 4) is 0 Å². The average molecular weight is 617 g/mol. The second kappa shape index (κ2) is 13.7. The number of likely N-dealkylation sites (tertiary alicyclic amines) is 1. The van der Waals surface area contributed by atoms with Crippen LogP contribution in [-0.2, 0) is 32.1 Å². The summed E-state index contributed by atoms with van der Waals surface area (Å²) in [5.41, 5.74) is 1.94. The molecule has 2 aromatic carbocycles. The lowest BCUT2D eigenvalue weighted by molar-refractivity contribution is -0.156. The maximum Gasteiger partial charge on any atom is 0.311 e. The minimum atomic E-state index is -0.832. The summed E-state index contributed by atoms with van der Waals surface area (Å²) < 4.78 is 4.50. The van der Waals surface area contributed by atoms with Crippen molar-refractivity contribution in [3.63, 3.8) is 0 Å². The highest BCUT2D eigenvalue weighted by molar-refractivity contribution is 8.02. The Morgan fingerprint density at radius 3 is 2.39 bits per heavy atom. The van der Waals surface area contributed by atoms with Crippen LogP contribution in [0.3, 0.4) is 0 Å². The van der Waals surface area contributed by atoms with Crippen molar-refractivity contribution in [1.29, 1.82) is 0 Å². The number of unbranched alkanes of at least 4 members (excludes halogenated alkanes) is 2. The maximum atomic E-state index is 14.8. The van der Waals surface area contributed by atoms with Gasteiger partial charge in [-0.05, 0) is 56.6 Å². The third kappa shape index (κ3) is 5.98. The molecule has 5 rings (SSSR count). The molecule has 3 fully saturated rings. The average Bonchev–Trinajstić information content (AvgIpc) is 3.60. The third-order valence-corrected chi connectivity index (χ3v) is 11.5. The van der Waals surface area contributed by atoms with Gasteiger partial charge in [-0.15, -0.1) is 24.9 Å². The molecular weight excluding hydrogens is 572 g/mol. The van der Waals surface area contributed by atoms with E-state index in [1.165, 1.54) is 0 Å². The zero-order valence-electron chi connectivity index (χ0n) is 25.6. The molecule has 3 aliphatic heterocycles. The first-order valence-corrected chi connectivity index (χ1v) is 16.5. The van der Waals surface area contributed by atoms with Gasteiger partial charge in [-0.25, -0.2) is 0 Å². The molecule has 0 saturated carbocycles. The number of thioether (sulfide) groups is 1. The van der Waals surface area contributed by atoms with Crippen molar-refractivity contribution in [3.05, 3.63) is 97.1 Å². The Kier molecular flexibility index (Phi) is 10.0. The molecule has 2 aromatic rings. The maximum absolute atomic E-state index is 14.8. The van der Waals surface area contributed by atoms with Crippen LogP contribution in [0, 0.1) is 11.8 Å². The van der Waals surface area contributed by atoms with Crippen LogP contribution < -0.4 is 0 Å². The fourth-order valence-corrected chi connectivity index (χ4v) is 9.87. The van der Waals surface area contributed by atoms with Crippen LogP contribution in [0.25, 0.3) is 0 Å². The van der Waals surface area contributed by atoms with Crippen LogP contribution in [0.2, 0.25) is 0 Å². The van der Waals surface area contributed by atoms with Crippen LogP contribution in [-0.4, -0.2) is 74.0 Å². The van der Waals surface area contributed by atoms with Crippen LogP contribution >= 0.6 is 11.8 Å². The number of carbonyl (C=O) groups excluding carboxylic acids is 3. The Bertz CT molecular complexity index is 1350. The van der Waals surface area contributed by atoms with Gasteiger partial charge in [-0.1, -0.05) is 72.8 Å². The quantitative estimate of drug-likeness (QED) is 0.169. The number of fused-ring (bicyclic) bond motifs is 1. The summed E-state index contributed by atoms with van der Waals surface area (Å²) in [5, 5.41) is 10.7. The number of allylic oxidation sites excluding steroid dienone is 1. The highest BCUT2D eigenvalue weighted by Crippen LogP contribution is 2.71. The van der Waals surface area contributed by atoms with Gasteiger partial charge in [0, 0.05) is 17.8 Å². The molecule has 6 atom stereocenters. The Morgan fingerprint density at radius 2 is 1.75 bits per heavy atom. The number of benzene rings is 2. The van der Waals surface area contributed by atoms with Gasteiger partial charge in [-0.3, -0.25) is 14.4 Å². The third-order valence-electron chi connectivity index (χ3n) is 9.54. The number of aliphatic hydroxyl groups is 1. The summed E-state index contributed by atoms with van der Waals surface area (Å²) >= 11 is 1.62. The van der Waals surface area contributed by atoms with Gasteiger partial charge in [0.05, 0.1) is 35.8 Å². The van der Waals surface area contributed by atoms with Crippen molar-refractivity contribution in [2.45, 2.75) is 73.6 Å². The molecule has 3 heterocycles. The summed E-state index contributed by atoms with van der Waals surface area (Å²) in [7, 11) is 0. The van der Waals surface area contributed by atoms with Gasteiger partial charge in [0.1, 0.15) is 6.04 Å². The first-order valence-electron chi connectivity index (χ1n) is 15.7. The smallest absolute Gasteiger partial charge is 0.311 e. The Morgan fingerprint density at radius 1 is 1.07 bits per heavy atom. The van der Waals surface area contributed by atoms with E-state index in [9.17, 15) is 19.5 Å². The lowest BCUT2D eigenvalue weighted by Crippen LogP contribution is -2.57. The van der Waals surface area contributed by atoms with Crippen molar-refractivity contribution in [2.24, 2.45) is 11.8 Å². The molecule has 2 bridgehead atoms. The van der Waals surface area contributed by atoms with Gasteiger partial charge in [0.15, 0.2) is 0 Å². The molecule has 1 spiro atoms. The number of aliphatic hydroxyl groups excluding tert-OH is 1. The van der Waals surface area contributed by atoms with E-state index in [0.717, 1.165) is 30.4 Å². The monoisotopic (exact) mass is 616 g/mol. The molecular formula is C36H44N2O5S.